The molecule has 2 aromatic heterocycles. The van der Waals surface area contributed by atoms with Crippen LogP contribution in [0.5, 0.6) is 0 Å². The fourth-order valence-electron chi connectivity index (χ4n) is 3.73. The van der Waals surface area contributed by atoms with E-state index in [9.17, 15) is 0 Å². The lowest BCUT2D eigenvalue weighted by molar-refractivity contribution is 0.410. The van der Waals surface area contributed by atoms with Crippen molar-refractivity contribution in [3.63, 3.8) is 0 Å². The van der Waals surface area contributed by atoms with Crippen LogP contribution >= 0.6 is 0 Å². The van der Waals surface area contributed by atoms with Crippen LogP contribution in [0, 0.1) is 0 Å². The van der Waals surface area contributed by atoms with Gasteiger partial charge in [0.1, 0.15) is 12.1 Å². The molecule has 2 aromatic rings. The van der Waals surface area contributed by atoms with E-state index in [1.54, 1.807) is 6.33 Å². The van der Waals surface area contributed by atoms with Gasteiger partial charge in [-0.15, -0.1) is 5.10 Å². The maximum Gasteiger partial charge on any atom is 0.151 e. The SMILES string of the molecule is c1nc(C2CCC2)cc(N2CCN(c3ccc(C4CC4)nn3)CC2)n1. The van der Waals surface area contributed by atoms with Gasteiger partial charge in [-0.1, -0.05) is 6.42 Å². The fourth-order valence-corrected chi connectivity index (χ4v) is 3.73. The first-order chi connectivity index (χ1) is 12.4. The number of rotatable bonds is 4. The van der Waals surface area contributed by atoms with Gasteiger partial charge in [0.15, 0.2) is 5.82 Å². The molecule has 0 bridgehead atoms. The highest BCUT2D eigenvalue weighted by Gasteiger charge is 2.26. The van der Waals surface area contributed by atoms with Crippen LogP contribution in [-0.2, 0) is 0 Å². The summed E-state index contributed by atoms with van der Waals surface area (Å²) in [5, 5.41) is 8.86. The zero-order chi connectivity index (χ0) is 16.6. The summed E-state index contributed by atoms with van der Waals surface area (Å²) in [6.07, 6.45) is 8.17. The number of aromatic nitrogens is 4. The average Bonchev–Trinajstić information content (AvgIpc) is 3.46. The molecule has 3 aliphatic rings. The summed E-state index contributed by atoms with van der Waals surface area (Å²) < 4.78 is 0. The highest BCUT2D eigenvalue weighted by atomic mass is 15.3. The van der Waals surface area contributed by atoms with Crippen LogP contribution in [0.1, 0.15) is 55.3 Å². The smallest absolute Gasteiger partial charge is 0.151 e. The van der Waals surface area contributed by atoms with Crippen LogP contribution in [0.4, 0.5) is 11.6 Å². The van der Waals surface area contributed by atoms with E-state index in [2.05, 4.69) is 48.2 Å². The zero-order valence-corrected chi connectivity index (χ0v) is 14.5. The molecular formula is C19H24N6. The molecule has 0 atom stereocenters. The third kappa shape index (κ3) is 3.05. The van der Waals surface area contributed by atoms with Crippen LogP contribution in [0.15, 0.2) is 24.5 Å². The number of hydrogen-bond donors (Lipinski definition) is 0. The molecule has 1 saturated heterocycles. The first kappa shape index (κ1) is 15.0. The summed E-state index contributed by atoms with van der Waals surface area (Å²) in [6, 6.07) is 6.49. The number of piperazine rings is 1. The van der Waals surface area contributed by atoms with Crippen LogP contribution in [0.25, 0.3) is 0 Å². The van der Waals surface area contributed by atoms with Crippen molar-refractivity contribution in [3.05, 3.63) is 35.9 Å². The molecular weight excluding hydrogens is 312 g/mol. The molecule has 1 aliphatic heterocycles. The van der Waals surface area contributed by atoms with Gasteiger partial charge in [0, 0.05) is 49.8 Å². The van der Waals surface area contributed by atoms with Gasteiger partial charge in [0.25, 0.3) is 0 Å². The summed E-state index contributed by atoms with van der Waals surface area (Å²) in [4.78, 5) is 13.7. The van der Waals surface area contributed by atoms with Crippen molar-refractivity contribution in [1.82, 2.24) is 20.2 Å². The van der Waals surface area contributed by atoms with Crippen molar-refractivity contribution in [1.29, 1.82) is 0 Å². The maximum atomic E-state index is 4.51. The van der Waals surface area contributed by atoms with Crippen molar-refractivity contribution >= 4 is 11.6 Å². The largest absolute Gasteiger partial charge is 0.353 e. The Balaban J connectivity index is 1.23. The van der Waals surface area contributed by atoms with Crippen molar-refractivity contribution < 1.29 is 0 Å². The van der Waals surface area contributed by atoms with E-state index in [1.165, 1.54) is 37.8 Å². The molecule has 3 fully saturated rings. The minimum absolute atomic E-state index is 0.656. The quantitative estimate of drug-likeness (QED) is 0.856. The van der Waals surface area contributed by atoms with Crippen LogP contribution in [-0.4, -0.2) is 46.3 Å². The summed E-state index contributed by atoms with van der Waals surface area (Å²) in [7, 11) is 0. The lowest BCUT2D eigenvalue weighted by Crippen LogP contribution is -2.47. The molecule has 3 heterocycles. The van der Waals surface area contributed by atoms with E-state index in [1.807, 2.05) is 0 Å². The Kier molecular flexibility index (Phi) is 3.76. The van der Waals surface area contributed by atoms with Crippen LogP contribution < -0.4 is 9.80 Å². The summed E-state index contributed by atoms with van der Waals surface area (Å²) in [5.41, 5.74) is 2.38. The van der Waals surface area contributed by atoms with Gasteiger partial charge in [-0.05, 0) is 37.8 Å². The van der Waals surface area contributed by atoms with Gasteiger partial charge < -0.3 is 9.80 Å². The lowest BCUT2D eigenvalue weighted by atomic mass is 9.83. The van der Waals surface area contributed by atoms with Crippen molar-refractivity contribution in [3.8, 4) is 0 Å². The molecule has 0 N–H and O–H groups in total. The third-order valence-corrected chi connectivity index (χ3v) is 5.79. The fraction of sp³-hybridized carbons (Fsp3) is 0.579. The van der Waals surface area contributed by atoms with Gasteiger partial charge >= 0.3 is 0 Å². The summed E-state index contributed by atoms with van der Waals surface area (Å²) >= 11 is 0. The summed E-state index contributed by atoms with van der Waals surface area (Å²) in [6.45, 7) is 3.85. The molecule has 6 heteroatoms. The molecule has 0 spiro atoms. The lowest BCUT2D eigenvalue weighted by Gasteiger charge is -2.36. The van der Waals surface area contributed by atoms with Crippen molar-refractivity contribution in [2.24, 2.45) is 0 Å². The molecule has 6 nitrogen and oxygen atoms in total. The Morgan fingerprint density at radius 2 is 1.44 bits per heavy atom. The van der Waals surface area contributed by atoms with Crippen LogP contribution in [0.3, 0.4) is 0 Å². The van der Waals surface area contributed by atoms with Gasteiger partial charge in [-0.25, -0.2) is 9.97 Å². The number of hydrogen-bond acceptors (Lipinski definition) is 6. The Morgan fingerprint density at radius 1 is 0.720 bits per heavy atom. The predicted octanol–water partition coefficient (Wildman–Crippen LogP) is 2.74. The van der Waals surface area contributed by atoms with Crippen molar-refractivity contribution in [2.45, 2.75) is 43.9 Å². The van der Waals surface area contributed by atoms with E-state index in [0.29, 0.717) is 11.8 Å². The second-order valence-electron chi connectivity index (χ2n) is 7.49. The second-order valence-corrected chi connectivity index (χ2v) is 7.49. The molecule has 2 aliphatic carbocycles. The molecule has 0 unspecified atom stereocenters. The van der Waals surface area contributed by atoms with E-state index in [0.717, 1.165) is 43.5 Å². The van der Waals surface area contributed by atoms with Gasteiger partial charge in [0.05, 0.1) is 5.69 Å². The molecule has 0 aromatic carbocycles. The molecule has 130 valence electrons. The molecule has 0 amide bonds. The number of anilines is 2. The first-order valence-electron chi connectivity index (χ1n) is 9.52. The Hall–Kier alpha value is -2.24. The van der Waals surface area contributed by atoms with E-state index in [-0.39, 0.29) is 0 Å². The molecule has 5 rings (SSSR count). The van der Waals surface area contributed by atoms with E-state index in [4.69, 9.17) is 0 Å². The second kappa shape index (κ2) is 6.24. The van der Waals surface area contributed by atoms with Gasteiger partial charge in [-0.3, -0.25) is 0 Å². The minimum atomic E-state index is 0.656. The monoisotopic (exact) mass is 336 g/mol. The molecule has 2 saturated carbocycles. The zero-order valence-electron chi connectivity index (χ0n) is 14.5. The van der Waals surface area contributed by atoms with Gasteiger partial charge in [-0.2, -0.15) is 5.10 Å². The Labute approximate surface area is 148 Å². The Morgan fingerprint density at radius 3 is 2.04 bits per heavy atom. The third-order valence-electron chi connectivity index (χ3n) is 5.79. The number of nitrogens with zero attached hydrogens (tertiary/aromatic N) is 6. The normalized spacial score (nSPS) is 21.3. The van der Waals surface area contributed by atoms with Crippen LogP contribution in [0.2, 0.25) is 0 Å². The molecule has 25 heavy (non-hydrogen) atoms. The maximum absolute atomic E-state index is 4.51. The van der Waals surface area contributed by atoms with E-state index >= 15 is 0 Å². The minimum Gasteiger partial charge on any atom is -0.353 e. The highest BCUT2D eigenvalue weighted by molar-refractivity contribution is 5.45. The first-order valence-corrected chi connectivity index (χ1v) is 9.52. The predicted molar refractivity (Wildman–Crippen MR) is 97.1 cm³/mol. The van der Waals surface area contributed by atoms with E-state index < -0.39 is 0 Å². The summed E-state index contributed by atoms with van der Waals surface area (Å²) in [5.74, 6) is 3.40. The highest BCUT2D eigenvalue weighted by Crippen LogP contribution is 2.39. The van der Waals surface area contributed by atoms with Crippen molar-refractivity contribution in [2.75, 3.05) is 36.0 Å². The van der Waals surface area contributed by atoms with Gasteiger partial charge in [0.2, 0.25) is 0 Å². The standard InChI is InChI=1S/C19H24N6/c1-2-14(3-1)17-12-19(21-13-20-17)25-10-8-24(9-11-25)18-7-6-16(22-23-18)15-4-5-15/h6-7,12-15H,1-5,8-11H2. The Bertz CT molecular complexity index is 730. The topological polar surface area (TPSA) is 58.0 Å². The molecule has 0 radical (unpaired) electrons. The average molecular weight is 336 g/mol.